The molecule has 2 heterocycles. The monoisotopic (exact) mass is 463 g/mol. The van der Waals surface area contributed by atoms with E-state index in [1.807, 2.05) is 60.7 Å². The Labute approximate surface area is 204 Å². The first-order valence-electron chi connectivity index (χ1n) is 12.1. The van der Waals surface area contributed by atoms with Gasteiger partial charge < -0.3 is 15.6 Å². The maximum Gasteiger partial charge on any atom is 0.228 e. The van der Waals surface area contributed by atoms with Crippen LogP contribution in [-0.4, -0.2) is 20.4 Å². The maximum absolute atomic E-state index is 12.4. The van der Waals surface area contributed by atoms with E-state index in [0.29, 0.717) is 18.8 Å². The summed E-state index contributed by atoms with van der Waals surface area (Å²) in [6.45, 7) is 2.85. The van der Waals surface area contributed by atoms with Gasteiger partial charge in [-0.1, -0.05) is 74.0 Å². The average Bonchev–Trinajstić information content (AvgIpc) is 3.23. The number of anilines is 2. The molecular weight excluding hydrogens is 434 g/mol. The van der Waals surface area contributed by atoms with E-state index >= 15 is 0 Å². The van der Waals surface area contributed by atoms with Crippen LogP contribution < -0.4 is 11.1 Å². The molecular formula is C29H29N5O. The number of pyridine rings is 1. The van der Waals surface area contributed by atoms with Crippen molar-refractivity contribution in [3.05, 3.63) is 95.8 Å². The van der Waals surface area contributed by atoms with Crippen molar-refractivity contribution in [2.75, 3.05) is 11.1 Å². The number of nitrogens with zero attached hydrogens (tertiary/aromatic N) is 3. The van der Waals surface area contributed by atoms with Crippen LogP contribution in [0.4, 0.5) is 11.5 Å². The number of fused-ring (bicyclic) bond motifs is 3. The van der Waals surface area contributed by atoms with E-state index in [4.69, 9.17) is 10.7 Å². The van der Waals surface area contributed by atoms with E-state index in [0.717, 1.165) is 63.8 Å². The number of imidazole rings is 1. The Balaban J connectivity index is 1.43. The lowest BCUT2D eigenvalue weighted by molar-refractivity contribution is -0.115. The lowest BCUT2D eigenvalue weighted by atomic mass is 10.1. The van der Waals surface area contributed by atoms with Gasteiger partial charge in [0, 0.05) is 24.0 Å². The molecule has 0 saturated heterocycles. The van der Waals surface area contributed by atoms with Gasteiger partial charge in [-0.25, -0.2) is 9.97 Å². The number of aromatic nitrogens is 3. The van der Waals surface area contributed by atoms with E-state index in [9.17, 15) is 4.79 Å². The Morgan fingerprint density at radius 2 is 1.66 bits per heavy atom. The molecule has 0 spiro atoms. The molecule has 0 aliphatic heterocycles. The molecule has 0 aliphatic carbocycles. The molecule has 176 valence electrons. The summed E-state index contributed by atoms with van der Waals surface area (Å²) in [6.07, 6.45) is 3.38. The molecule has 3 N–H and O–H groups in total. The fourth-order valence-electron chi connectivity index (χ4n) is 4.46. The van der Waals surface area contributed by atoms with Crippen LogP contribution in [0.2, 0.25) is 0 Å². The van der Waals surface area contributed by atoms with Crippen molar-refractivity contribution in [3.63, 3.8) is 0 Å². The minimum atomic E-state index is -0.0270. The minimum absolute atomic E-state index is 0.0270. The average molecular weight is 464 g/mol. The Hall–Kier alpha value is -4.19. The number of hydrogen-bond donors (Lipinski definition) is 2. The summed E-state index contributed by atoms with van der Waals surface area (Å²) in [4.78, 5) is 21.9. The highest BCUT2D eigenvalue weighted by molar-refractivity contribution is 6.06. The number of hydrogen-bond acceptors (Lipinski definition) is 4. The molecule has 0 atom stereocenters. The van der Waals surface area contributed by atoms with Crippen molar-refractivity contribution >= 4 is 39.3 Å². The van der Waals surface area contributed by atoms with Crippen LogP contribution in [0.5, 0.6) is 0 Å². The van der Waals surface area contributed by atoms with Gasteiger partial charge in [0.15, 0.2) is 5.82 Å². The van der Waals surface area contributed by atoms with E-state index in [-0.39, 0.29) is 5.91 Å². The number of para-hydroxylation sites is 1. The minimum Gasteiger partial charge on any atom is -0.382 e. The van der Waals surface area contributed by atoms with Crippen molar-refractivity contribution in [2.45, 2.75) is 39.2 Å². The van der Waals surface area contributed by atoms with Gasteiger partial charge in [0.25, 0.3) is 0 Å². The van der Waals surface area contributed by atoms with Crippen LogP contribution >= 0.6 is 0 Å². The van der Waals surface area contributed by atoms with Gasteiger partial charge in [0.05, 0.1) is 17.5 Å². The lowest BCUT2D eigenvalue weighted by Gasteiger charge is -2.12. The summed E-state index contributed by atoms with van der Waals surface area (Å²) in [5.41, 5.74) is 11.9. The van der Waals surface area contributed by atoms with Gasteiger partial charge in [0.1, 0.15) is 11.3 Å². The van der Waals surface area contributed by atoms with Crippen molar-refractivity contribution in [2.24, 2.45) is 0 Å². The molecule has 35 heavy (non-hydrogen) atoms. The van der Waals surface area contributed by atoms with E-state index in [2.05, 4.69) is 40.0 Å². The van der Waals surface area contributed by atoms with E-state index in [1.165, 1.54) is 0 Å². The number of rotatable bonds is 8. The standard InChI is InChI=1S/C29H29N5O/c1-2-3-13-25-33-27-28(23-11-7-8-12-24(23)32-29(27)30)34(25)19-21-14-16-22(17-15-21)31-26(35)18-20-9-5-4-6-10-20/h4-12,14-17H,2-3,13,18-19H2,1H3,(H2,30,32)(H,31,35). The van der Waals surface area contributed by atoms with Crippen molar-refractivity contribution in [1.82, 2.24) is 14.5 Å². The number of unbranched alkanes of at least 4 members (excludes halogenated alkanes) is 1. The third kappa shape index (κ3) is 4.87. The second-order valence-corrected chi connectivity index (χ2v) is 8.84. The van der Waals surface area contributed by atoms with Crippen LogP contribution in [0.3, 0.4) is 0 Å². The summed E-state index contributed by atoms with van der Waals surface area (Å²) in [5, 5.41) is 4.05. The van der Waals surface area contributed by atoms with Crippen LogP contribution in [0.15, 0.2) is 78.9 Å². The third-order valence-corrected chi connectivity index (χ3v) is 6.23. The molecule has 0 unspecified atom stereocenters. The highest BCUT2D eigenvalue weighted by atomic mass is 16.1. The van der Waals surface area contributed by atoms with Crippen LogP contribution in [-0.2, 0) is 24.2 Å². The predicted molar refractivity (Wildman–Crippen MR) is 142 cm³/mol. The Morgan fingerprint density at radius 3 is 2.43 bits per heavy atom. The molecule has 0 aliphatic rings. The first kappa shape index (κ1) is 22.6. The van der Waals surface area contributed by atoms with Crippen molar-refractivity contribution in [3.8, 4) is 0 Å². The first-order valence-corrected chi connectivity index (χ1v) is 12.1. The molecule has 0 radical (unpaired) electrons. The molecule has 6 heteroatoms. The normalized spacial score (nSPS) is 11.2. The van der Waals surface area contributed by atoms with Gasteiger partial charge in [-0.15, -0.1) is 0 Å². The maximum atomic E-state index is 12.4. The zero-order valence-electron chi connectivity index (χ0n) is 19.9. The van der Waals surface area contributed by atoms with Crippen molar-refractivity contribution in [1.29, 1.82) is 0 Å². The second kappa shape index (κ2) is 9.97. The Morgan fingerprint density at radius 1 is 0.914 bits per heavy atom. The molecule has 0 fully saturated rings. The number of aryl methyl sites for hydroxylation is 1. The fraction of sp³-hybridized carbons (Fsp3) is 0.207. The predicted octanol–water partition coefficient (Wildman–Crippen LogP) is 5.74. The quantitative estimate of drug-likeness (QED) is 0.307. The molecule has 1 amide bonds. The molecule has 2 aromatic heterocycles. The smallest absolute Gasteiger partial charge is 0.228 e. The molecule has 6 nitrogen and oxygen atoms in total. The number of nitrogens with two attached hydrogens (primary N) is 1. The van der Waals surface area contributed by atoms with Gasteiger partial charge in [-0.3, -0.25) is 4.79 Å². The Kier molecular flexibility index (Phi) is 6.44. The Bertz CT molecular complexity index is 1470. The number of amides is 1. The number of nitrogen functional groups attached to an aromatic ring is 1. The number of nitrogens with one attached hydrogen (secondary N) is 1. The van der Waals surface area contributed by atoms with Gasteiger partial charge in [-0.05, 0) is 35.7 Å². The largest absolute Gasteiger partial charge is 0.382 e. The third-order valence-electron chi connectivity index (χ3n) is 6.23. The first-order chi connectivity index (χ1) is 17.1. The lowest BCUT2D eigenvalue weighted by Crippen LogP contribution is -2.14. The molecule has 0 bridgehead atoms. The zero-order valence-corrected chi connectivity index (χ0v) is 19.9. The summed E-state index contributed by atoms with van der Waals surface area (Å²) < 4.78 is 2.27. The molecule has 0 saturated carbocycles. The number of benzene rings is 3. The number of carbonyl (C=O) groups excluding carboxylic acids is 1. The topological polar surface area (TPSA) is 85.8 Å². The summed E-state index contributed by atoms with van der Waals surface area (Å²) in [6, 6.07) is 25.8. The molecule has 3 aromatic carbocycles. The number of carbonyl (C=O) groups is 1. The fourth-order valence-corrected chi connectivity index (χ4v) is 4.46. The highest BCUT2D eigenvalue weighted by Crippen LogP contribution is 2.30. The molecule has 5 aromatic rings. The van der Waals surface area contributed by atoms with Crippen LogP contribution in [0, 0.1) is 0 Å². The van der Waals surface area contributed by atoms with E-state index in [1.54, 1.807) is 0 Å². The van der Waals surface area contributed by atoms with Gasteiger partial charge >= 0.3 is 0 Å². The summed E-state index contributed by atoms with van der Waals surface area (Å²) in [7, 11) is 0. The van der Waals surface area contributed by atoms with Crippen LogP contribution in [0.1, 0.15) is 36.7 Å². The SMILES string of the molecule is CCCCc1nc2c(N)nc3ccccc3c2n1Cc1ccc(NC(=O)Cc2ccccc2)cc1. The highest BCUT2D eigenvalue weighted by Gasteiger charge is 2.17. The zero-order chi connectivity index (χ0) is 24.2. The summed E-state index contributed by atoms with van der Waals surface area (Å²) in [5.74, 6) is 1.46. The van der Waals surface area contributed by atoms with Crippen LogP contribution in [0.25, 0.3) is 21.9 Å². The van der Waals surface area contributed by atoms with Gasteiger partial charge in [-0.2, -0.15) is 0 Å². The van der Waals surface area contributed by atoms with E-state index < -0.39 is 0 Å². The summed E-state index contributed by atoms with van der Waals surface area (Å²) >= 11 is 0. The van der Waals surface area contributed by atoms with Gasteiger partial charge in [0.2, 0.25) is 5.91 Å². The van der Waals surface area contributed by atoms with Crippen molar-refractivity contribution < 1.29 is 4.79 Å². The second-order valence-electron chi connectivity index (χ2n) is 8.84. The molecule has 5 rings (SSSR count).